The Labute approximate surface area is 117 Å². The van der Waals surface area contributed by atoms with Gasteiger partial charge in [0.25, 0.3) is 0 Å². The summed E-state index contributed by atoms with van der Waals surface area (Å²) in [5.41, 5.74) is 1.43. The number of ketones is 2. The molecule has 0 fully saturated rings. The van der Waals surface area contributed by atoms with Gasteiger partial charge in [0.15, 0.2) is 11.6 Å². The fourth-order valence-electron chi connectivity index (χ4n) is 1.70. The average molecular weight is 267 g/mol. The molecular weight excluding hydrogens is 238 g/mol. The Hall–Kier alpha value is -0.960. The lowest BCUT2D eigenvalue weighted by Gasteiger charge is -2.20. The Bertz CT molecular complexity index is 348. The molecule has 0 saturated heterocycles. The molecule has 0 amide bonds. The molecule has 0 aromatic carbocycles. The highest BCUT2D eigenvalue weighted by molar-refractivity contribution is 6.05. The van der Waals surface area contributed by atoms with Crippen molar-refractivity contribution in [2.45, 2.75) is 60.8 Å². The quantitative estimate of drug-likeness (QED) is 0.686. The molecule has 0 saturated carbocycles. The van der Waals surface area contributed by atoms with E-state index in [0.29, 0.717) is 24.1 Å². The molecule has 110 valence electrons. The first-order chi connectivity index (χ1) is 8.69. The number of rotatable bonds is 8. The van der Waals surface area contributed by atoms with E-state index < -0.39 is 0 Å². The second-order valence-corrected chi connectivity index (χ2v) is 6.35. The van der Waals surface area contributed by atoms with Crippen LogP contribution in [0.5, 0.6) is 0 Å². The molecule has 3 heteroatoms. The lowest BCUT2D eigenvalue weighted by molar-refractivity contribution is -0.117. The van der Waals surface area contributed by atoms with Crippen LogP contribution in [0.15, 0.2) is 11.1 Å². The molecule has 0 spiro atoms. The molecule has 0 bridgehead atoms. The highest BCUT2D eigenvalue weighted by Crippen LogP contribution is 2.13. The third-order valence-electron chi connectivity index (χ3n) is 3.03. The number of carbonyl (C=O) groups excluding carboxylic acids is 2. The summed E-state index contributed by atoms with van der Waals surface area (Å²) in [6.45, 7) is 13.1. The standard InChI is InChI=1S/C16H29NO2/c1-7-8-9-15(19)14(12(2)13(3)18)10-17-11-16(4,5)6/h17H,7-11H2,1-6H3/b14-12-. The molecule has 0 unspecified atom stereocenters. The number of Topliss-reactive ketones (excluding diaryl/α,β-unsaturated/α-hetero) is 2. The van der Waals surface area contributed by atoms with Gasteiger partial charge >= 0.3 is 0 Å². The van der Waals surface area contributed by atoms with Gasteiger partial charge in [-0.1, -0.05) is 34.1 Å². The summed E-state index contributed by atoms with van der Waals surface area (Å²) in [6.07, 6.45) is 2.41. The van der Waals surface area contributed by atoms with Gasteiger partial charge in [-0.05, 0) is 31.3 Å². The third-order valence-corrected chi connectivity index (χ3v) is 3.03. The van der Waals surface area contributed by atoms with E-state index in [1.165, 1.54) is 6.92 Å². The molecule has 1 N–H and O–H groups in total. The Kier molecular flexibility index (Phi) is 7.84. The molecule has 0 heterocycles. The molecule has 0 aliphatic carbocycles. The van der Waals surface area contributed by atoms with E-state index in [1.54, 1.807) is 6.92 Å². The molecule has 0 aromatic rings. The number of carbonyl (C=O) groups is 2. The maximum absolute atomic E-state index is 12.2. The van der Waals surface area contributed by atoms with Crippen LogP contribution in [-0.4, -0.2) is 24.7 Å². The van der Waals surface area contributed by atoms with Gasteiger partial charge < -0.3 is 5.32 Å². The molecule has 0 atom stereocenters. The summed E-state index contributed by atoms with van der Waals surface area (Å²) in [6, 6.07) is 0. The van der Waals surface area contributed by atoms with Crippen LogP contribution in [0.2, 0.25) is 0 Å². The lowest BCUT2D eigenvalue weighted by atomic mass is 9.95. The molecule has 0 aliphatic heterocycles. The topological polar surface area (TPSA) is 46.2 Å². The van der Waals surface area contributed by atoms with Gasteiger partial charge in [0.2, 0.25) is 0 Å². The smallest absolute Gasteiger partial charge is 0.160 e. The lowest BCUT2D eigenvalue weighted by Crippen LogP contribution is -2.31. The summed E-state index contributed by atoms with van der Waals surface area (Å²) in [4.78, 5) is 23.6. The number of allylic oxidation sites excluding steroid dienone is 1. The van der Waals surface area contributed by atoms with Crippen LogP contribution in [0, 0.1) is 5.41 Å². The second kappa shape index (κ2) is 8.26. The molecule has 0 rings (SSSR count). The number of hydrogen-bond donors (Lipinski definition) is 1. The molecule has 0 radical (unpaired) electrons. The first-order valence-corrected chi connectivity index (χ1v) is 7.13. The minimum absolute atomic E-state index is 0.0163. The zero-order chi connectivity index (χ0) is 15.1. The highest BCUT2D eigenvalue weighted by Gasteiger charge is 2.16. The van der Waals surface area contributed by atoms with Crippen molar-refractivity contribution >= 4 is 11.6 Å². The van der Waals surface area contributed by atoms with E-state index in [-0.39, 0.29) is 17.0 Å². The second-order valence-electron chi connectivity index (χ2n) is 6.35. The van der Waals surface area contributed by atoms with Crippen LogP contribution in [-0.2, 0) is 9.59 Å². The van der Waals surface area contributed by atoms with Gasteiger partial charge in [0.05, 0.1) is 0 Å². The minimum Gasteiger partial charge on any atom is -0.312 e. The van der Waals surface area contributed by atoms with Crippen LogP contribution >= 0.6 is 0 Å². The SMILES string of the molecule is CCCCC(=O)/C(CNCC(C)(C)C)=C(/C)C(C)=O. The summed E-state index contributed by atoms with van der Waals surface area (Å²) in [7, 11) is 0. The first kappa shape index (κ1) is 18.0. The summed E-state index contributed by atoms with van der Waals surface area (Å²) in [5.74, 6) is 0.0911. The van der Waals surface area contributed by atoms with Crippen LogP contribution in [0.4, 0.5) is 0 Å². The number of hydrogen-bond acceptors (Lipinski definition) is 3. The Morgan fingerprint density at radius 2 is 1.68 bits per heavy atom. The van der Waals surface area contributed by atoms with Crippen molar-refractivity contribution in [3.05, 3.63) is 11.1 Å². The van der Waals surface area contributed by atoms with E-state index in [0.717, 1.165) is 19.4 Å². The van der Waals surface area contributed by atoms with Crippen molar-refractivity contribution in [3.8, 4) is 0 Å². The van der Waals surface area contributed by atoms with Crippen LogP contribution < -0.4 is 5.32 Å². The van der Waals surface area contributed by atoms with E-state index in [4.69, 9.17) is 0 Å². The van der Waals surface area contributed by atoms with Gasteiger partial charge in [-0.15, -0.1) is 0 Å². The van der Waals surface area contributed by atoms with Crippen molar-refractivity contribution in [2.75, 3.05) is 13.1 Å². The van der Waals surface area contributed by atoms with Gasteiger partial charge in [-0.2, -0.15) is 0 Å². The van der Waals surface area contributed by atoms with Gasteiger partial charge in [-0.3, -0.25) is 9.59 Å². The van der Waals surface area contributed by atoms with Crippen molar-refractivity contribution in [3.63, 3.8) is 0 Å². The van der Waals surface area contributed by atoms with Crippen molar-refractivity contribution in [2.24, 2.45) is 5.41 Å². The maximum Gasteiger partial charge on any atom is 0.160 e. The average Bonchev–Trinajstić information content (AvgIpc) is 2.29. The maximum atomic E-state index is 12.2. The predicted octanol–water partition coefficient (Wildman–Crippen LogP) is 3.29. The highest BCUT2D eigenvalue weighted by atomic mass is 16.1. The first-order valence-electron chi connectivity index (χ1n) is 7.13. The third kappa shape index (κ3) is 7.93. The summed E-state index contributed by atoms with van der Waals surface area (Å²) in [5, 5.41) is 3.29. The monoisotopic (exact) mass is 267 g/mol. The molecule has 19 heavy (non-hydrogen) atoms. The minimum atomic E-state index is -0.0163. The zero-order valence-corrected chi connectivity index (χ0v) is 13.4. The Morgan fingerprint density at radius 3 is 2.11 bits per heavy atom. The van der Waals surface area contributed by atoms with Crippen LogP contribution in [0.25, 0.3) is 0 Å². The van der Waals surface area contributed by atoms with E-state index >= 15 is 0 Å². The van der Waals surface area contributed by atoms with Crippen molar-refractivity contribution < 1.29 is 9.59 Å². The fourth-order valence-corrected chi connectivity index (χ4v) is 1.70. The molecule has 0 aliphatic rings. The zero-order valence-electron chi connectivity index (χ0n) is 13.4. The summed E-state index contributed by atoms with van der Waals surface area (Å²) < 4.78 is 0. The Balaban J connectivity index is 4.75. The predicted molar refractivity (Wildman–Crippen MR) is 80.2 cm³/mol. The fraction of sp³-hybridized carbons (Fsp3) is 0.750. The number of unbranched alkanes of at least 4 members (excludes halogenated alkanes) is 1. The van der Waals surface area contributed by atoms with E-state index in [1.807, 2.05) is 0 Å². The van der Waals surface area contributed by atoms with Gasteiger partial charge in [0, 0.05) is 25.1 Å². The Morgan fingerprint density at radius 1 is 1.11 bits per heavy atom. The molecular formula is C16H29NO2. The van der Waals surface area contributed by atoms with Crippen molar-refractivity contribution in [1.82, 2.24) is 5.32 Å². The van der Waals surface area contributed by atoms with Crippen LogP contribution in [0.1, 0.15) is 60.8 Å². The van der Waals surface area contributed by atoms with Gasteiger partial charge in [0.1, 0.15) is 0 Å². The summed E-state index contributed by atoms with van der Waals surface area (Å²) >= 11 is 0. The largest absolute Gasteiger partial charge is 0.312 e. The van der Waals surface area contributed by atoms with E-state index in [9.17, 15) is 9.59 Å². The van der Waals surface area contributed by atoms with E-state index in [2.05, 4.69) is 33.0 Å². The molecule has 0 aromatic heterocycles. The van der Waals surface area contributed by atoms with Crippen LogP contribution in [0.3, 0.4) is 0 Å². The molecule has 3 nitrogen and oxygen atoms in total. The number of nitrogens with one attached hydrogen (secondary N) is 1. The van der Waals surface area contributed by atoms with Crippen molar-refractivity contribution in [1.29, 1.82) is 0 Å². The normalized spacial score (nSPS) is 13.2. The van der Waals surface area contributed by atoms with Gasteiger partial charge in [-0.25, -0.2) is 0 Å².